The molecule has 2 unspecified atom stereocenters. The van der Waals surface area contributed by atoms with Crippen LogP contribution in [0.15, 0.2) is 0 Å². The summed E-state index contributed by atoms with van der Waals surface area (Å²) in [5.41, 5.74) is 0.308. The van der Waals surface area contributed by atoms with Gasteiger partial charge in [0.25, 0.3) is 0 Å². The number of hydrogen-bond donors (Lipinski definition) is 2. The maximum atomic E-state index is 3.75. The van der Waals surface area contributed by atoms with Crippen molar-refractivity contribution in [2.24, 2.45) is 0 Å². The van der Waals surface area contributed by atoms with E-state index >= 15 is 0 Å². The Morgan fingerprint density at radius 1 is 1.38 bits per heavy atom. The fraction of sp³-hybridized carbons (Fsp3) is 1.00. The highest BCUT2D eigenvalue weighted by molar-refractivity contribution is 8.00. The molecular formula is C10H20N2S. The lowest BCUT2D eigenvalue weighted by molar-refractivity contribution is 0.227. The summed E-state index contributed by atoms with van der Waals surface area (Å²) >= 11 is 2.12. The first kappa shape index (κ1) is 9.81. The molecule has 13 heavy (non-hydrogen) atoms. The highest BCUT2D eigenvalue weighted by atomic mass is 32.2. The minimum atomic E-state index is 0.308. The Morgan fingerprint density at radius 2 is 2.15 bits per heavy atom. The van der Waals surface area contributed by atoms with Gasteiger partial charge >= 0.3 is 0 Å². The van der Waals surface area contributed by atoms with Gasteiger partial charge in [-0.25, -0.2) is 0 Å². The van der Waals surface area contributed by atoms with Crippen LogP contribution in [0.2, 0.25) is 0 Å². The first-order valence-electron chi connectivity index (χ1n) is 5.18. The predicted octanol–water partition coefficient (Wildman–Crippen LogP) is 1.57. The maximum Gasteiger partial charge on any atom is 0.0677 e. The zero-order valence-electron chi connectivity index (χ0n) is 8.81. The van der Waals surface area contributed by atoms with Crippen LogP contribution in [0.4, 0.5) is 0 Å². The highest BCUT2D eigenvalue weighted by Crippen LogP contribution is 2.41. The number of nitrogens with one attached hydrogen (secondary N) is 2. The van der Waals surface area contributed by atoms with E-state index in [-0.39, 0.29) is 0 Å². The van der Waals surface area contributed by atoms with Crippen LogP contribution in [-0.4, -0.2) is 28.7 Å². The summed E-state index contributed by atoms with van der Waals surface area (Å²) in [6, 6.07) is 0.693. The molecule has 0 aromatic heterocycles. The van der Waals surface area contributed by atoms with Gasteiger partial charge in [0.1, 0.15) is 0 Å². The summed E-state index contributed by atoms with van der Waals surface area (Å²) in [6.07, 6.45) is 2.51. The second-order valence-corrected chi connectivity index (χ2v) is 6.49. The molecule has 0 aromatic carbocycles. The fourth-order valence-corrected chi connectivity index (χ4v) is 4.18. The molecule has 2 fully saturated rings. The molecule has 0 radical (unpaired) electrons. The van der Waals surface area contributed by atoms with Crippen molar-refractivity contribution in [2.75, 3.05) is 12.3 Å². The van der Waals surface area contributed by atoms with Gasteiger partial charge in [-0.1, -0.05) is 0 Å². The zero-order valence-corrected chi connectivity index (χ0v) is 9.63. The standard InChI is InChI=1S/C10H20N2S/c1-8-6-13-10(12-8)4-5-11-9(2,3)7-10/h8,11-12H,4-7H2,1-3H3. The molecule has 2 atom stereocenters. The summed E-state index contributed by atoms with van der Waals surface area (Å²) in [5, 5.41) is 7.32. The van der Waals surface area contributed by atoms with Crippen molar-refractivity contribution < 1.29 is 0 Å². The maximum absolute atomic E-state index is 3.75. The molecule has 1 spiro atoms. The average Bonchev–Trinajstić information content (AvgIpc) is 2.29. The van der Waals surface area contributed by atoms with Gasteiger partial charge in [-0.15, -0.1) is 11.8 Å². The molecule has 0 aromatic rings. The molecule has 0 bridgehead atoms. The molecule has 2 saturated heterocycles. The third-order valence-electron chi connectivity index (χ3n) is 2.98. The number of piperidine rings is 1. The van der Waals surface area contributed by atoms with E-state index in [1.165, 1.54) is 18.6 Å². The second-order valence-electron chi connectivity index (χ2n) is 5.09. The van der Waals surface area contributed by atoms with Crippen LogP contribution in [0.1, 0.15) is 33.6 Å². The van der Waals surface area contributed by atoms with E-state index in [0.29, 0.717) is 16.5 Å². The third kappa shape index (κ3) is 2.03. The average molecular weight is 200 g/mol. The predicted molar refractivity (Wildman–Crippen MR) is 59.1 cm³/mol. The second kappa shape index (κ2) is 3.14. The van der Waals surface area contributed by atoms with Crippen molar-refractivity contribution in [3.63, 3.8) is 0 Å². The molecule has 3 heteroatoms. The molecule has 76 valence electrons. The molecule has 2 aliphatic heterocycles. The lowest BCUT2D eigenvalue weighted by Crippen LogP contribution is -2.57. The Kier molecular flexibility index (Phi) is 2.37. The summed E-state index contributed by atoms with van der Waals surface area (Å²) in [7, 11) is 0. The quantitative estimate of drug-likeness (QED) is 0.621. The Balaban J connectivity index is 2.07. The third-order valence-corrected chi connectivity index (χ3v) is 4.66. The van der Waals surface area contributed by atoms with E-state index in [1.807, 2.05) is 0 Å². The lowest BCUT2D eigenvalue weighted by Gasteiger charge is -2.43. The smallest absolute Gasteiger partial charge is 0.0677 e. The van der Waals surface area contributed by atoms with Gasteiger partial charge < -0.3 is 5.32 Å². The van der Waals surface area contributed by atoms with Crippen molar-refractivity contribution in [1.29, 1.82) is 0 Å². The van der Waals surface area contributed by atoms with Gasteiger partial charge in [-0.3, -0.25) is 5.32 Å². The minimum Gasteiger partial charge on any atom is -0.312 e. The molecular weight excluding hydrogens is 180 g/mol. The summed E-state index contributed by atoms with van der Waals surface area (Å²) in [5.74, 6) is 1.27. The van der Waals surface area contributed by atoms with Crippen LogP contribution in [0.5, 0.6) is 0 Å². The number of rotatable bonds is 0. The van der Waals surface area contributed by atoms with Crippen LogP contribution in [-0.2, 0) is 0 Å². The SMILES string of the molecule is CC1CSC2(CCNC(C)(C)C2)N1. The minimum absolute atomic E-state index is 0.308. The van der Waals surface area contributed by atoms with E-state index < -0.39 is 0 Å². The van der Waals surface area contributed by atoms with Gasteiger partial charge in [-0.2, -0.15) is 0 Å². The Morgan fingerprint density at radius 3 is 2.69 bits per heavy atom. The monoisotopic (exact) mass is 200 g/mol. The number of hydrogen-bond acceptors (Lipinski definition) is 3. The molecule has 2 aliphatic rings. The largest absolute Gasteiger partial charge is 0.312 e. The van der Waals surface area contributed by atoms with Crippen molar-refractivity contribution >= 4 is 11.8 Å². The van der Waals surface area contributed by atoms with Crippen LogP contribution in [0.3, 0.4) is 0 Å². The topological polar surface area (TPSA) is 24.1 Å². The Labute approximate surface area is 85.2 Å². The van der Waals surface area contributed by atoms with Crippen molar-refractivity contribution in [1.82, 2.24) is 10.6 Å². The molecule has 2 N–H and O–H groups in total. The van der Waals surface area contributed by atoms with Gasteiger partial charge in [0.2, 0.25) is 0 Å². The van der Waals surface area contributed by atoms with Crippen LogP contribution < -0.4 is 10.6 Å². The van der Waals surface area contributed by atoms with Crippen LogP contribution in [0, 0.1) is 0 Å². The first-order valence-corrected chi connectivity index (χ1v) is 6.17. The van der Waals surface area contributed by atoms with Crippen molar-refractivity contribution in [3.8, 4) is 0 Å². The molecule has 0 saturated carbocycles. The van der Waals surface area contributed by atoms with E-state index in [2.05, 4.69) is 43.2 Å². The van der Waals surface area contributed by atoms with E-state index in [1.54, 1.807) is 0 Å². The van der Waals surface area contributed by atoms with Crippen LogP contribution >= 0.6 is 11.8 Å². The van der Waals surface area contributed by atoms with Gasteiger partial charge in [-0.05, 0) is 40.2 Å². The number of thioether (sulfide) groups is 1. The Bertz CT molecular complexity index is 201. The highest BCUT2D eigenvalue weighted by Gasteiger charge is 2.44. The summed E-state index contributed by atoms with van der Waals surface area (Å²) in [6.45, 7) is 8.05. The van der Waals surface area contributed by atoms with Gasteiger partial charge in [0.05, 0.1) is 4.87 Å². The first-order chi connectivity index (χ1) is 6.02. The van der Waals surface area contributed by atoms with Crippen molar-refractivity contribution in [3.05, 3.63) is 0 Å². The molecule has 2 heterocycles. The van der Waals surface area contributed by atoms with Gasteiger partial charge in [0.15, 0.2) is 0 Å². The molecule has 0 amide bonds. The van der Waals surface area contributed by atoms with E-state index in [0.717, 1.165) is 6.54 Å². The lowest BCUT2D eigenvalue weighted by atomic mass is 9.88. The summed E-state index contributed by atoms with van der Waals surface area (Å²) in [4.78, 5) is 0.383. The fourth-order valence-electron chi connectivity index (χ4n) is 2.53. The van der Waals surface area contributed by atoms with Crippen LogP contribution in [0.25, 0.3) is 0 Å². The molecule has 2 nitrogen and oxygen atoms in total. The van der Waals surface area contributed by atoms with E-state index in [9.17, 15) is 0 Å². The summed E-state index contributed by atoms with van der Waals surface area (Å²) < 4.78 is 0. The Hall–Kier alpha value is 0.270. The van der Waals surface area contributed by atoms with E-state index in [4.69, 9.17) is 0 Å². The molecule has 2 rings (SSSR count). The molecule has 0 aliphatic carbocycles. The van der Waals surface area contributed by atoms with Gasteiger partial charge in [0, 0.05) is 17.3 Å². The van der Waals surface area contributed by atoms with Crippen molar-refractivity contribution in [2.45, 2.75) is 50.1 Å². The normalized spacial score (nSPS) is 44.1. The zero-order chi connectivity index (χ0) is 9.53.